The highest BCUT2D eigenvalue weighted by molar-refractivity contribution is 7.45. The SMILES string of the molecule is Cc1ccc(OP(=O)([O-])O)cc1. The third kappa shape index (κ3) is 3.05. The van der Waals surface area contributed by atoms with Gasteiger partial charge in [0, 0.05) is 0 Å². The predicted octanol–water partition coefficient (Wildman–Crippen LogP) is 0.835. The van der Waals surface area contributed by atoms with Gasteiger partial charge in [0.05, 0.1) is 0 Å². The third-order valence-electron chi connectivity index (χ3n) is 1.24. The van der Waals surface area contributed by atoms with E-state index >= 15 is 0 Å². The van der Waals surface area contributed by atoms with Crippen molar-refractivity contribution in [3.05, 3.63) is 29.8 Å². The average Bonchev–Trinajstić information content (AvgIpc) is 1.91. The molecule has 66 valence electrons. The smallest absolute Gasteiger partial charge is 0.317 e. The van der Waals surface area contributed by atoms with Crippen molar-refractivity contribution < 1.29 is 18.9 Å². The van der Waals surface area contributed by atoms with E-state index in [9.17, 15) is 9.46 Å². The first-order chi connectivity index (χ1) is 5.47. The van der Waals surface area contributed by atoms with Gasteiger partial charge in [-0.3, -0.25) is 4.57 Å². The molecule has 0 aromatic heterocycles. The van der Waals surface area contributed by atoms with E-state index in [-0.39, 0.29) is 5.75 Å². The average molecular weight is 187 g/mol. The summed E-state index contributed by atoms with van der Waals surface area (Å²) in [4.78, 5) is 18.6. The lowest BCUT2D eigenvalue weighted by Gasteiger charge is -2.16. The van der Waals surface area contributed by atoms with Crippen LogP contribution in [0.3, 0.4) is 0 Å². The largest absolute Gasteiger partial charge is 0.746 e. The molecule has 1 atom stereocenters. The summed E-state index contributed by atoms with van der Waals surface area (Å²) in [6, 6.07) is 6.31. The monoisotopic (exact) mass is 187 g/mol. The molecule has 5 heteroatoms. The second-order valence-electron chi connectivity index (χ2n) is 2.37. The highest BCUT2D eigenvalue weighted by Gasteiger charge is 2.02. The van der Waals surface area contributed by atoms with Crippen LogP contribution < -0.4 is 9.42 Å². The Morgan fingerprint density at radius 2 is 1.92 bits per heavy atom. The second kappa shape index (κ2) is 3.27. The topological polar surface area (TPSA) is 69.6 Å². The fourth-order valence-corrected chi connectivity index (χ4v) is 1.12. The molecule has 0 amide bonds. The summed E-state index contributed by atoms with van der Waals surface area (Å²) >= 11 is 0. The zero-order valence-electron chi connectivity index (χ0n) is 6.43. The summed E-state index contributed by atoms with van der Waals surface area (Å²) in [5, 5.41) is 0. The van der Waals surface area contributed by atoms with Gasteiger partial charge >= 0.3 is 7.82 Å². The van der Waals surface area contributed by atoms with Gasteiger partial charge in [-0.25, -0.2) is 0 Å². The molecule has 0 spiro atoms. The minimum absolute atomic E-state index is 0.112. The van der Waals surface area contributed by atoms with Crippen LogP contribution in [0.1, 0.15) is 5.56 Å². The Morgan fingerprint density at radius 1 is 1.42 bits per heavy atom. The van der Waals surface area contributed by atoms with Crippen molar-refractivity contribution >= 4 is 7.82 Å². The van der Waals surface area contributed by atoms with Gasteiger partial charge in [-0.15, -0.1) is 0 Å². The summed E-state index contributed by atoms with van der Waals surface area (Å²) in [5.74, 6) is 0.112. The molecule has 1 aromatic carbocycles. The van der Waals surface area contributed by atoms with Crippen LogP contribution in [0.5, 0.6) is 5.75 Å². The van der Waals surface area contributed by atoms with E-state index in [0.29, 0.717) is 0 Å². The Hall–Kier alpha value is -0.830. The Morgan fingerprint density at radius 3 is 2.33 bits per heavy atom. The van der Waals surface area contributed by atoms with Gasteiger partial charge in [-0.05, 0) is 19.1 Å². The number of benzene rings is 1. The van der Waals surface area contributed by atoms with Crippen LogP contribution in [0.2, 0.25) is 0 Å². The molecule has 0 aliphatic rings. The highest BCUT2D eigenvalue weighted by atomic mass is 31.2. The van der Waals surface area contributed by atoms with Gasteiger partial charge in [0.25, 0.3) is 0 Å². The van der Waals surface area contributed by atoms with Crippen molar-refractivity contribution in [2.75, 3.05) is 0 Å². The lowest BCUT2D eigenvalue weighted by Crippen LogP contribution is -2.05. The number of phosphoric ester groups is 1. The molecule has 12 heavy (non-hydrogen) atoms. The lowest BCUT2D eigenvalue weighted by atomic mass is 10.2. The van der Waals surface area contributed by atoms with E-state index in [1.54, 1.807) is 12.1 Å². The lowest BCUT2D eigenvalue weighted by molar-refractivity contribution is -0.211. The van der Waals surface area contributed by atoms with Crippen LogP contribution in [0.15, 0.2) is 24.3 Å². The van der Waals surface area contributed by atoms with Gasteiger partial charge in [0.1, 0.15) is 5.75 Å². The van der Waals surface area contributed by atoms with Crippen molar-refractivity contribution in [1.29, 1.82) is 0 Å². The van der Waals surface area contributed by atoms with Crippen LogP contribution in [-0.4, -0.2) is 4.89 Å². The fraction of sp³-hybridized carbons (Fsp3) is 0.143. The zero-order chi connectivity index (χ0) is 9.19. The Kier molecular flexibility index (Phi) is 2.52. The van der Waals surface area contributed by atoms with Gasteiger partial charge in [-0.2, -0.15) is 0 Å². The molecular weight excluding hydrogens is 179 g/mol. The Labute approximate surface area is 70.0 Å². The summed E-state index contributed by atoms with van der Waals surface area (Å²) in [6.45, 7) is 1.86. The van der Waals surface area contributed by atoms with E-state index in [4.69, 9.17) is 4.89 Å². The van der Waals surface area contributed by atoms with Crippen molar-refractivity contribution in [2.45, 2.75) is 6.92 Å². The maximum Gasteiger partial charge on any atom is 0.317 e. The molecular formula is C7H8O4P-. The Balaban J connectivity index is 2.78. The maximum absolute atomic E-state index is 10.2. The van der Waals surface area contributed by atoms with Crippen LogP contribution in [-0.2, 0) is 4.57 Å². The van der Waals surface area contributed by atoms with Gasteiger partial charge < -0.3 is 14.3 Å². The first-order valence-corrected chi connectivity index (χ1v) is 4.77. The van der Waals surface area contributed by atoms with E-state index in [1.807, 2.05) is 6.92 Å². The van der Waals surface area contributed by atoms with Crippen LogP contribution in [0.4, 0.5) is 0 Å². The molecule has 0 saturated heterocycles. The zero-order valence-corrected chi connectivity index (χ0v) is 7.32. The number of rotatable bonds is 2. The molecule has 0 aliphatic carbocycles. The van der Waals surface area contributed by atoms with Crippen molar-refractivity contribution in [1.82, 2.24) is 0 Å². The second-order valence-corrected chi connectivity index (χ2v) is 3.49. The van der Waals surface area contributed by atoms with Crippen LogP contribution in [0, 0.1) is 6.92 Å². The Bertz CT molecular complexity index is 300. The molecule has 4 nitrogen and oxygen atoms in total. The standard InChI is InChI=1S/C7H9O4P/c1-6-2-4-7(5-3-6)11-12(8,9)10/h2-5H,1H3,(H2,8,9,10)/p-1. The normalized spacial score (nSPS) is 15.2. The minimum Gasteiger partial charge on any atom is -0.746 e. The van der Waals surface area contributed by atoms with Gasteiger partial charge in [0.2, 0.25) is 0 Å². The maximum atomic E-state index is 10.2. The van der Waals surface area contributed by atoms with E-state index in [2.05, 4.69) is 4.52 Å². The predicted molar refractivity (Wildman–Crippen MR) is 41.6 cm³/mol. The number of hydrogen-bond acceptors (Lipinski definition) is 3. The molecule has 0 heterocycles. The molecule has 1 unspecified atom stereocenters. The van der Waals surface area contributed by atoms with E-state index < -0.39 is 7.82 Å². The first-order valence-electron chi connectivity index (χ1n) is 3.27. The molecule has 0 aliphatic heterocycles. The molecule has 1 N–H and O–H groups in total. The van der Waals surface area contributed by atoms with Crippen molar-refractivity contribution in [3.8, 4) is 5.75 Å². The number of aryl methyl sites for hydroxylation is 1. The number of hydrogen-bond donors (Lipinski definition) is 1. The first kappa shape index (κ1) is 9.26. The summed E-state index contributed by atoms with van der Waals surface area (Å²) in [6.07, 6.45) is 0. The summed E-state index contributed by atoms with van der Waals surface area (Å²) < 4.78 is 14.5. The van der Waals surface area contributed by atoms with Gasteiger partial charge in [-0.1, -0.05) is 17.7 Å². The molecule has 0 bridgehead atoms. The van der Waals surface area contributed by atoms with Gasteiger partial charge in [0.15, 0.2) is 0 Å². The van der Waals surface area contributed by atoms with Crippen molar-refractivity contribution in [2.24, 2.45) is 0 Å². The molecule has 0 saturated carbocycles. The van der Waals surface area contributed by atoms with E-state index in [1.165, 1.54) is 12.1 Å². The molecule has 0 fully saturated rings. The quantitative estimate of drug-likeness (QED) is 0.696. The van der Waals surface area contributed by atoms with Crippen molar-refractivity contribution in [3.63, 3.8) is 0 Å². The minimum atomic E-state index is -4.65. The molecule has 0 radical (unpaired) electrons. The van der Waals surface area contributed by atoms with Crippen LogP contribution in [0.25, 0.3) is 0 Å². The van der Waals surface area contributed by atoms with E-state index in [0.717, 1.165) is 5.56 Å². The third-order valence-corrected chi connectivity index (χ3v) is 1.68. The van der Waals surface area contributed by atoms with Crippen LogP contribution >= 0.6 is 7.82 Å². The number of phosphoric acid groups is 1. The highest BCUT2D eigenvalue weighted by Crippen LogP contribution is 2.32. The summed E-state index contributed by atoms with van der Waals surface area (Å²) in [7, 11) is -4.65. The molecule has 1 aromatic rings. The molecule has 1 rings (SSSR count). The fourth-order valence-electron chi connectivity index (χ4n) is 0.732. The summed E-state index contributed by atoms with van der Waals surface area (Å²) in [5.41, 5.74) is 0.987.